The first-order valence-corrected chi connectivity index (χ1v) is 10.6. The van der Waals surface area contributed by atoms with Crippen molar-refractivity contribution >= 4 is 27.6 Å². The smallest absolute Gasteiger partial charge is 0.338 e. The predicted molar refractivity (Wildman–Crippen MR) is 104 cm³/mol. The van der Waals surface area contributed by atoms with E-state index in [1.165, 1.54) is 22.5 Å². The number of aromatic nitrogens is 1. The van der Waals surface area contributed by atoms with E-state index < -0.39 is 16.0 Å². The number of morpholine rings is 1. The molecule has 1 aromatic heterocycles. The Morgan fingerprint density at radius 2 is 1.96 bits per heavy atom. The van der Waals surface area contributed by atoms with E-state index in [1.54, 1.807) is 24.4 Å². The fraction of sp³-hybridized carbons (Fsp3) is 0.368. The maximum atomic E-state index is 13.1. The summed E-state index contributed by atoms with van der Waals surface area (Å²) in [5.41, 5.74) is 0.696. The molecule has 3 rings (SSSR count). The molecule has 0 N–H and O–H groups in total. The van der Waals surface area contributed by atoms with Crippen molar-refractivity contribution in [3.8, 4) is 0 Å². The lowest BCUT2D eigenvalue weighted by Gasteiger charge is -2.34. The standard InChI is InChI=1S/C19H21ClN2O5S/c1-13-10-22(11-14(2)27-13)28(24,25)18-9-15(6-7-17(18)20)19(23)26-12-16-5-3-4-8-21-16/h3-9,13-14H,10-12H2,1-2H3. The van der Waals surface area contributed by atoms with Crippen LogP contribution in [0.3, 0.4) is 0 Å². The van der Waals surface area contributed by atoms with Crippen LogP contribution in [0.1, 0.15) is 29.9 Å². The van der Waals surface area contributed by atoms with Gasteiger partial charge in [-0.05, 0) is 44.2 Å². The number of ether oxygens (including phenoxy) is 2. The third kappa shape index (κ3) is 4.70. The zero-order valence-corrected chi connectivity index (χ0v) is 17.1. The van der Waals surface area contributed by atoms with Gasteiger partial charge in [-0.15, -0.1) is 0 Å². The van der Waals surface area contributed by atoms with Gasteiger partial charge in [-0.3, -0.25) is 4.98 Å². The van der Waals surface area contributed by atoms with Crippen LogP contribution >= 0.6 is 11.6 Å². The Morgan fingerprint density at radius 3 is 2.61 bits per heavy atom. The zero-order valence-electron chi connectivity index (χ0n) is 15.5. The zero-order chi connectivity index (χ0) is 20.3. The number of nitrogens with zero attached hydrogens (tertiary/aromatic N) is 2. The van der Waals surface area contributed by atoms with Crippen molar-refractivity contribution in [1.82, 2.24) is 9.29 Å². The molecule has 0 radical (unpaired) electrons. The van der Waals surface area contributed by atoms with Gasteiger partial charge in [-0.1, -0.05) is 17.7 Å². The van der Waals surface area contributed by atoms with Gasteiger partial charge in [0.1, 0.15) is 11.5 Å². The molecule has 1 aliphatic heterocycles. The van der Waals surface area contributed by atoms with Crippen molar-refractivity contribution in [3.63, 3.8) is 0 Å². The van der Waals surface area contributed by atoms with Gasteiger partial charge in [-0.2, -0.15) is 4.31 Å². The summed E-state index contributed by atoms with van der Waals surface area (Å²) >= 11 is 6.15. The molecule has 2 heterocycles. The Hall–Kier alpha value is -2.00. The summed E-state index contributed by atoms with van der Waals surface area (Å²) in [5.74, 6) is -0.650. The van der Waals surface area contributed by atoms with Gasteiger partial charge in [0.15, 0.2) is 0 Å². The van der Waals surface area contributed by atoms with Gasteiger partial charge in [0.25, 0.3) is 0 Å². The Balaban J connectivity index is 1.81. The molecule has 1 saturated heterocycles. The minimum Gasteiger partial charge on any atom is -0.456 e. The predicted octanol–water partition coefficient (Wildman–Crippen LogP) is 2.89. The van der Waals surface area contributed by atoms with Gasteiger partial charge >= 0.3 is 5.97 Å². The van der Waals surface area contributed by atoms with Crippen molar-refractivity contribution in [2.24, 2.45) is 0 Å². The van der Waals surface area contributed by atoms with E-state index >= 15 is 0 Å². The Labute approximate surface area is 169 Å². The number of carbonyl (C=O) groups is 1. The van der Waals surface area contributed by atoms with E-state index in [0.29, 0.717) is 5.69 Å². The SMILES string of the molecule is CC1CN(S(=O)(=O)c2cc(C(=O)OCc3ccccn3)ccc2Cl)CC(C)O1. The fourth-order valence-electron chi connectivity index (χ4n) is 3.00. The highest BCUT2D eigenvalue weighted by Crippen LogP contribution is 2.28. The first kappa shape index (κ1) is 20.7. The molecule has 0 bridgehead atoms. The summed E-state index contributed by atoms with van der Waals surface area (Å²) in [6.07, 6.45) is 1.13. The van der Waals surface area contributed by atoms with E-state index in [0.717, 1.165) is 0 Å². The van der Waals surface area contributed by atoms with Gasteiger partial charge in [0, 0.05) is 19.3 Å². The summed E-state index contributed by atoms with van der Waals surface area (Å²) in [7, 11) is -3.88. The fourth-order valence-corrected chi connectivity index (χ4v) is 5.09. The third-order valence-electron chi connectivity index (χ3n) is 4.25. The maximum Gasteiger partial charge on any atom is 0.338 e. The monoisotopic (exact) mass is 424 g/mol. The average Bonchev–Trinajstić information content (AvgIpc) is 2.66. The topological polar surface area (TPSA) is 85.8 Å². The number of sulfonamides is 1. The van der Waals surface area contributed by atoms with Crippen molar-refractivity contribution in [1.29, 1.82) is 0 Å². The number of rotatable bonds is 5. The van der Waals surface area contributed by atoms with E-state index in [9.17, 15) is 13.2 Å². The first-order chi connectivity index (χ1) is 13.3. The van der Waals surface area contributed by atoms with Crippen LogP contribution in [-0.2, 0) is 26.1 Å². The normalized spacial score (nSPS) is 20.7. The molecule has 0 saturated carbocycles. The summed E-state index contributed by atoms with van der Waals surface area (Å²) in [6, 6.07) is 9.35. The number of carbonyl (C=O) groups excluding carboxylic acids is 1. The third-order valence-corrected chi connectivity index (χ3v) is 6.56. The van der Waals surface area contributed by atoms with Crippen LogP contribution in [-0.4, -0.2) is 49.0 Å². The second-order valence-corrected chi connectivity index (χ2v) is 8.94. The minimum atomic E-state index is -3.88. The van der Waals surface area contributed by atoms with Crippen LogP contribution in [0.5, 0.6) is 0 Å². The number of pyridine rings is 1. The Kier molecular flexibility index (Phi) is 6.34. The highest BCUT2D eigenvalue weighted by Gasteiger charge is 2.34. The van der Waals surface area contributed by atoms with Gasteiger partial charge in [-0.25, -0.2) is 13.2 Å². The quantitative estimate of drug-likeness (QED) is 0.686. The van der Waals surface area contributed by atoms with Crippen molar-refractivity contribution in [2.75, 3.05) is 13.1 Å². The number of hydrogen-bond donors (Lipinski definition) is 0. The lowest BCUT2D eigenvalue weighted by Crippen LogP contribution is -2.48. The molecule has 1 aromatic carbocycles. The molecule has 2 unspecified atom stereocenters. The first-order valence-electron chi connectivity index (χ1n) is 8.79. The van der Waals surface area contributed by atoms with E-state index in [1.807, 2.05) is 13.8 Å². The highest BCUT2D eigenvalue weighted by molar-refractivity contribution is 7.89. The second kappa shape index (κ2) is 8.57. The van der Waals surface area contributed by atoms with Crippen LogP contribution in [0.4, 0.5) is 0 Å². The number of hydrogen-bond acceptors (Lipinski definition) is 6. The molecule has 0 spiro atoms. The molecule has 150 valence electrons. The molecule has 1 aliphatic rings. The number of esters is 1. The van der Waals surface area contributed by atoms with Crippen molar-refractivity contribution in [3.05, 3.63) is 58.9 Å². The van der Waals surface area contributed by atoms with Crippen molar-refractivity contribution < 1.29 is 22.7 Å². The lowest BCUT2D eigenvalue weighted by molar-refractivity contribution is -0.0440. The van der Waals surface area contributed by atoms with Gasteiger partial charge in [0.2, 0.25) is 10.0 Å². The van der Waals surface area contributed by atoms with Crippen LogP contribution in [0.15, 0.2) is 47.5 Å². The molecule has 2 atom stereocenters. The summed E-state index contributed by atoms with van der Waals surface area (Å²) in [4.78, 5) is 16.3. The van der Waals surface area contributed by atoms with Crippen LogP contribution in [0.25, 0.3) is 0 Å². The van der Waals surface area contributed by atoms with Gasteiger partial charge in [0.05, 0.1) is 28.5 Å². The number of halogens is 1. The van der Waals surface area contributed by atoms with Crippen LogP contribution in [0, 0.1) is 0 Å². The second-order valence-electron chi connectivity index (χ2n) is 6.62. The molecular formula is C19H21ClN2O5S. The van der Waals surface area contributed by atoms with Crippen molar-refractivity contribution in [2.45, 2.75) is 37.6 Å². The molecule has 0 aliphatic carbocycles. The van der Waals surface area contributed by atoms with Crippen LogP contribution in [0.2, 0.25) is 5.02 Å². The summed E-state index contributed by atoms with van der Waals surface area (Å²) in [6.45, 7) is 4.05. The Morgan fingerprint density at radius 1 is 1.25 bits per heavy atom. The largest absolute Gasteiger partial charge is 0.456 e. The molecule has 28 heavy (non-hydrogen) atoms. The maximum absolute atomic E-state index is 13.1. The molecule has 0 amide bonds. The molecule has 9 heteroatoms. The van der Waals surface area contributed by atoms with E-state index in [4.69, 9.17) is 21.1 Å². The highest BCUT2D eigenvalue weighted by atomic mass is 35.5. The average molecular weight is 425 g/mol. The van der Waals surface area contributed by atoms with E-state index in [-0.39, 0.29) is 47.4 Å². The van der Waals surface area contributed by atoms with Crippen LogP contribution < -0.4 is 0 Å². The number of benzene rings is 1. The van der Waals surface area contributed by atoms with Gasteiger partial charge < -0.3 is 9.47 Å². The summed E-state index contributed by atoms with van der Waals surface area (Å²) in [5, 5.41) is 0.0491. The van der Waals surface area contributed by atoms with E-state index in [2.05, 4.69) is 4.98 Å². The molecule has 7 nitrogen and oxygen atoms in total. The molecule has 2 aromatic rings. The lowest BCUT2D eigenvalue weighted by atomic mass is 10.2. The molecular weight excluding hydrogens is 404 g/mol. The minimum absolute atomic E-state index is 0.0110. The Bertz CT molecular complexity index is 942. The summed E-state index contributed by atoms with van der Waals surface area (Å²) < 4.78 is 38.3. The molecule has 1 fully saturated rings.